The minimum atomic E-state index is -0.333. The summed E-state index contributed by atoms with van der Waals surface area (Å²) in [7, 11) is 2.77. The molecule has 30 heavy (non-hydrogen) atoms. The van der Waals surface area contributed by atoms with Gasteiger partial charge in [-0.25, -0.2) is 19.6 Å². The Morgan fingerprint density at radius 3 is 1.50 bits per heavy atom. The summed E-state index contributed by atoms with van der Waals surface area (Å²) in [6.07, 6.45) is 4.41. The van der Waals surface area contributed by atoms with Gasteiger partial charge in [-0.2, -0.15) is 0 Å². The second kappa shape index (κ2) is 11.5. The number of esters is 2. The number of aromatic nitrogens is 2. The van der Waals surface area contributed by atoms with Gasteiger partial charge in [-0.1, -0.05) is 0 Å². The van der Waals surface area contributed by atoms with Crippen LogP contribution in [0.3, 0.4) is 0 Å². The van der Waals surface area contributed by atoms with Gasteiger partial charge in [0.05, 0.1) is 25.6 Å². The monoisotopic (exact) mass is 452 g/mol. The highest BCUT2D eigenvalue weighted by Crippen LogP contribution is 2.27. The Bertz CT molecular complexity index is 758. The van der Waals surface area contributed by atoms with Gasteiger partial charge in [0.15, 0.2) is 0 Å². The molecule has 2 aliphatic rings. The Labute approximate surface area is 184 Å². The summed E-state index contributed by atoms with van der Waals surface area (Å²) in [5, 5.41) is 11.5. The van der Waals surface area contributed by atoms with Crippen molar-refractivity contribution in [3.63, 3.8) is 0 Å². The molecule has 2 N–H and O–H groups in total. The summed E-state index contributed by atoms with van der Waals surface area (Å²) in [6.45, 7) is 4.15. The van der Waals surface area contributed by atoms with E-state index >= 15 is 0 Å². The van der Waals surface area contributed by atoms with Crippen LogP contribution in [0.1, 0.15) is 68.5 Å². The lowest BCUT2D eigenvalue weighted by atomic mass is 9.95. The van der Waals surface area contributed by atoms with Crippen LogP contribution in [0.15, 0.2) is 10.8 Å². The van der Waals surface area contributed by atoms with Gasteiger partial charge in [0.1, 0.15) is 0 Å². The molecule has 2 aromatic heterocycles. The van der Waals surface area contributed by atoms with Crippen LogP contribution in [0.4, 0.5) is 0 Å². The highest BCUT2D eigenvalue weighted by Gasteiger charge is 2.21. The lowest BCUT2D eigenvalue weighted by molar-refractivity contribution is 0.0591. The van der Waals surface area contributed by atoms with E-state index < -0.39 is 0 Å². The second-order valence-electron chi connectivity index (χ2n) is 7.19. The first-order valence-corrected chi connectivity index (χ1v) is 11.9. The number of nitrogens with zero attached hydrogens (tertiary/aromatic N) is 2. The molecule has 4 rings (SSSR count). The van der Waals surface area contributed by atoms with Gasteiger partial charge in [0.2, 0.25) is 10.0 Å². The zero-order valence-electron chi connectivity index (χ0n) is 17.3. The van der Waals surface area contributed by atoms with E-state index in [4.69, 9.17) is 0 Å². The van der Waals surface area contributed by atoms with E-state index in [-0.39, 0.29) is 11.9 Å². The van der Waals surface area contributed by atoms with Crippen molar-refractivity contribution >= 4 is 34.6 Å². The maximum absolute atomic E-state index is 11.2. The third-order valence-corrected chi connectivity index (χ3v) is 6.96. The van der Waals surface area contributed by atoms with Crippen molar-refractivity contribution in [2.75, 3.05) is 40.4 Å². The van der Waals surface area contributed by atoms with E-state index in [1.165, 1.54) is 36.9 Å². The standard InChI is InChI=1S/2C10H14N2O2S/c2*1-14-10(13)9-12-8(6-15-9)7-2-4-11-5-3-7/h2*6-7,11H,2-5H2,1H3. The van der Waals surface area contributed by atoms with Crippen molar-refractivity contribution < 1.29 is 19.1 Å². The zero-order valence-corrected chi connectivity index (χ0v) is 18.9. The fourth-order valence-corrected chi connectivity index (χ4v) is 5.18. The molecular weight excluding hydrogens is 424 g/mol. The van der Waals surface area contributed by atoms with Gasteiger partial charge in [-0.3, -0.25) is 0 Å². The number of thiazole rings is 2. The molecule has 0 aromatic carbocycles. The Morgan fingerprint density at radius 2 is 1.17 bits per heavy atom. The van der Waals surface area contributed by atoms with Gasteiger partial charge in [-0.05, 0) is 51.9 Å². The molecule has 0 bridgehead atoms. The maximum Gasteiger partial charge on any atom is 0.367 e. The first-order chi connectivity index (χ1) is 14.6. The number of carbonyl (C=O) groups is 2. The summed E-state index contributed by atoms with van der Waals surface area (Å²) in [5.74, 6) is 0.335. The molecular formula is C20H28N4O4S2. The molecule has 0 aliphatic carbocycles. The molecule has 2 fully saturated rings. The summed E-state index contributed by atoms with van der Waals surface area (Å²) < 4.78 is 9.27. The largest absolute Gasteiger partial charge is 0.464 e. The molecule has 164 valence electrons. The average Bonchev–Trinajstić information content (AvgIpc) is 3.50. The number of hydrogen-bond donors (Lipinski definition) is 2. The predicted octanol–water partition coefficient (Wildman–Crippen LogP) is 2.79. The van der Waals surface area contributed by atoms with Crippen LogP contribution < -0.4 is 10.6 Å². The maximum atomic E-state index is 11.2. The number of methoxy groups -OCH3 is 2. The van der Waals surface area contributed by atoms with E-state index in [0.717, 1.165) is 63.3 Å². The van der Waals surface area contributed by atoms with E-state index in [2.05, 4.69) is 30.1 Å². The van der Waals surface area contributed by atoms with Crippen LogP contribution in [0.5, 0.6) is 0 Å². The van der Waals surface area contributed by atoms with Gasteiger partial charge in [0, 0.05) is 22.6 Å². The Kier molecular flexibility index (Phi) is 8.74. The Hall–Kier alpha value is -1.88. The van der Waals surface area contributed by atoms with Gasteiger partial charge in [-0.15, -0.1) is 22.7 Å². The van der Waals surface area contributed by atoms with E-state index in [0.29, 0.717) is 21.9 Å². The van der Waals surface area contributed by atoms with Crippen molar-refractivity contribution in [3.05, 3.63) is 32.2 Å². The SMILES string of the molecule is COC(=O)c1nc(C2CCNCC2)cs1.COC(=O)c1nc(C2CCNCC2)cs1. The molecule has 0 radical (unpaired) electrons. The third kappa shape index (κ3) is 6.07. The van der Waals surface area contributed by atoms with Crippen molar-refractivity contribution in [2.45, 2.75) is 37.5 Å². The van der Waals surface area contributed by atoms with Crippen LogP contribution in [-0.4, -0.2) is 62.3 Å². The molecule has 2 aromatic rings. The van der Waals surface area contributed by atoms with Crippen LogP contribution >= 0.6 is 22.7 Å². The molecule has 2 aliphatic heterocycles. The number of hydrogen-bond acceptors (Lipinski definition) is 10. The Morgan fingerprint density at radius 1 is 0.800 bits per heavy atom. The Balaban J connectivity index is 0.000000171. The summed E-state index contributed by atoms with van der Waals surface area (Å²) in [5.41, 5.74) is 2.09. The smallest absolute Gasteiger partial charge is 0.367 e. The predicted molar refractivity (Wildman–Crippen MR) is 117 cm³/mol. The molecule has 0 atom stereocenters. The van der Waals surface area contributed by atoms with Crippen molar-refractivity contribution in [2.24, 2.45) is 0 Å². The van der Waals surface area contributed by atoms with Gasteiger partial charge < -0.3 is 20.1 Å². The minimum absolute atomic E-state index is 0.333. The quantitative estimate of drug-likeness (QED) is 0.683. The molecule has 4 heterocycles. The number of carbonyl (C=O) groups excluding carboxylic acids is 2. The summed E-state index contributed by atoms with van der Waals surface area (Å²) in [6, 6.07) is 0. The lowest BCUT2D eigenvalue weighted by Crippen LogP contribution is -2.26. The van der Waals surface area contributed by atoms with Gasteiger partial charge >= 0.3 is 11.9 Å². The van der Waals surface area contributed by atoms with Crippen LogP contribution in [-0.2, 0) is 9.47 Å². The van der Waals surface area contributed by atoms with Crippen LogP contribution in [0.25, 0.3) is 0 Å². The molecule has 0 spiro atoms. The molecule has 10 heteroatoms. The molecule has 8 nitrogen and oxygen atoms in total. The van der Waals surface area contributed by atoms with E-state index in [1.54, 1.807) is 0 Å². The molecule has 0 unspecified atom stereocenters. The first-order valence-electron chi connectivity index (χ1n) is 10.1. The molecule has 2 saturated heterocycles. The van der Waals surface area contributed by atoms with Gasteiger partial charge in [0.25, 0.3) is 0 Å². The topological polar surface area (TPSA) is 102 Å². The highest BCUT2D eigenvalue weighted by molar-refractivity contribution is 7.12. The summed E-state index contributed by atoms with van der Waals surface area (Å²) in [4.78, 5) is 31.1. The van der Waals surface area contributed by atoms with Crippen molar-refractivity contribution in [3.8, 4) is 0 Å². The lowest BCUT2D eigenvalue weighted by Gasteiger charge is -2.20. The average molecular weight is 453 g/mol. The third-order valence-electron chi connectivity index (χ3n) is 5.28. The number of ether oxygens (including phenoxy) is 2. The zero-order chi connectivity index (χ0) is 21.3. The summed E-state index contributed by atoms with van der Waals surface area (Å²) >= 11 is 2.74. The van der Waals surface area contributed by atoms with Crippen LogP contribution in [0, 0.1) is 0 Å². The van der Waals surface area contributed by atoms with E-state index in [1.807, 2.05) is 10.8 Å². The first kappa shape index (κ1) is 22.8. The number of nitrogens with one attached hydrogen (secondary N) is 2. The fourth-order valence-electron chi connectivity index (χ4n) is 3.54. The highest BCUT2D eigenvalue weighted by atomic mass is 32.1. The van der Waals surface area contributed by atoms with Crippen LogP contribution in [0.2, 0.25) is 0 Å². The number of rotatable bonds is 4. The number of piperidine rings is 2. The second-order valence-corrected chi connectivity index (χ2v) is 8.90. The minimum Gasteiger partial charge on any atom is -0.464 e. The normalized spacial score (nSPS) is 17.7. The van der Waals surface area contributed by atoms with Crippen molar-refractivity contribution in [1.82, 2.24) is 20.6 Å². The fraction of sp³-hybridized carbons (Fsp3) is 0.600. The van der Waals surface area contributed by atoms with E-state index in [9.17, 15) is 9.59 Å². The van der Waals surface area contributed by atoms with Crippen molar-refractivity contribution in [1.29, 1.82) is 0 Å². The molecule has 0 saturated carbocycles. The molecule has 0 amide bonds.